The van der Waals surface area contributed by atoms with Crippen LogP contribution in [0.4, 0.5) is 0 Å². The highest BCUT2D eigenvalue weighted by Crippen LogP contribution is 2.28. The SMILES string of the molecule is COc1nc(CC(=O)c2ccn(C(C)C)n2)cn2cc(C3CCOCC3)nc12. The molecule has 4 rings (SSSR count). The van der Waals surface area contributed by atoms with E-state index in [-0.39, 0.29) is 18.2 Å². The third-order valence-corrected chi connectivity index (χ3v) is 5.07. The lowest BCUT2D eigenvalue weighted by Crippen LogP contribution is -2.14. The number of carbonyl (C=O) groups excluding carboxylic acids is 1. The van der Waals surface area contributed by atoms with Crippen molar-refractivity contribution in [2.75, 3.05) is 20.3 Å². The fourth-order valence-electron chi connectivity index (χ4n) is 3.48. The minimum Gasteiger partial charge on any atom is -0.478 e. The molecule has 148 valence electrons. The van der Waals surface area contributed by atoms with Crippen molar-refractivity contribution >= 4 is 11.4 Å². The summed E-state index contributed by atoms with van der Waals surface area (Å²) in [7, 11) is 1.57. The average molecular weight is 383 g/mol. The second-order valence-electron chi connectivity index (χ2n) is 7.40. The highest BCUT2D eigenvalue weighted by atomic mass is 16.5. The second kappa shape index (κ2) is 7.71. The molecule has 0 bridgehead atoms. The first-order valence-electron chi connectivity index (χ1n) is 9.63. The summed E-state index contributed by atoms with van der Waals surface area (Å²) >= 11 is 0. The fourth-order valence-corrected chi connectivity index (χ4v) is 3.48. The first kappa shape index (κ1) is 18.6. The molecular weight excluding hydrogens is 358 g/mol. The monoisotopic (exact) mass is 383 g/mol. The van der Waals surface area contributed by atoms with Crippen molar-refractivity contribution in [1.29, 1.82) is 0 Å². The van der Waals surface area contributed by atoms with Crippen molar-refractivity contribution < 1.29 is 14.3 Å². The number of aromatic nitrogens is 5. The van der Waals surface area contributed by atoms with Gasteiger partial charge in [0.05, 0.1) is 24.9 Å². The Kier molecular flexibility index (Phi) is 5.13. The number of Topliss-reactive ketones (excluding diaryl/α,β-unsaturated/α-hetero) is 1. The lowest BCUT2D eigenvalue weighted by Gasteiger charge is -2.19. The molecule has 8 nitrogen and oxygen atoms in total. The molecule has 4 heterocycles. The number of imidazole rings is 1. The maximum atomic E-state index is 12.6. The molecule has 0 saturated carbocycles. The number of carbonyl (C=O) groups is 1. The third-order valence-electron chi connectivity index (χ3n) is 5.07. The zero-order valence-electron chi connectivity index (χ0n) is 16.5. The number of nitrogens with zero attached hydrogens (tertiary/aromatic N) is 5. The van der Waals surface area contributed by atoms with Gasteiger partial charge in [-0.25, -0.2) is 9.97 Å². The van der Waals surface area contributed by atoms with E-state index in [0.717, 1.165) is 31.7 Å². The largest absolute Gasteiger partial charge is 0.478 e. The average Bonchev–Trinajstić information content (AvgIpc) is 3.35. The predicted octanol–water partition coefficient (Wildman–Crippen LogP) is 2.83. The van der Waals surface area contributed by atoms with Crippen molar-refractivity contribution in [3.63, 3.8) is 0 Å². The van der Waals surface area contributed by atoms with Crippen molar-refractivity contribution in [3.05, 3.63) is 41.7 Å². The van der Waals surface area contributed by atoms with Gasteiger partial charge in [0.15, 0.2) is 5.78 Å². The van der Waals surface area contributed by atoms with E-state index >= 15 is 0 Å². The summed E-state index contributed by atoms with van der Waals surface area (Å²) in [6.45, 7) is 5.57. The normalized spacial score (nSPS) is 15.4. The topological polar surface area (TPSA) is 83.5 Å². The smallest absolute Gasteiger partial charge is 0.258 e. The summed E-state index contributed by atoms with van der Waals surface area (Å²) < 4.78 is 14.6. The molecule has 0 spiro atoms. The molecule has 0 N–H and O–H groups in total. The van der Waals surface area contributed by atoms with Gasteiger partial charge in [0.25, 0.3) is 5.88 Å². The molecule has 1 saturated heterocycles. The van der Waals surface area contributed by atoms with Crippen LogP contribution in [0.1, 0.15) is 60.5 Å². The molecular formula is C20H25N5O3. The Morgan fingerprint density at radius 3 is 2.75 bits per heavy atom. The molecule has 1 aliphatic heterocycles. The Bertz CT molecular complexity index is 985. The van der Waals surface area contributed by atoms with E-state index in [1.54, 1.807) is 17.9 Å². The van der Waals surface area contributed by atoms with Crippen LogP contribution in [0.25, 0.3) is 5.65 Å². The van der Waals surface area contributed by atoms with Crippen molar-refractivity contribution in [2.24, 2.45) is 0 Å². The van der Waals surface area contributed by atoms with Gasteiger partial charge in [-0.05, 0) is 32.8 Å². The quantitative estimate of drug-likeness (QED) is 0.609. The highest BCUT2D eigenvalue weighted by Gasteiger charge is 2.21. The minimum absolute atomic E-state index is 0.0712. The van der Waals surface area contributed by atoms with Gasteiger partial charge in [0.1, 0.15) is 5.69 Å². The van der Waals surface area contributed by atoms with Gasteiger partial charge >= 0.3 is 0 Å². The molecule has 8 heteroatoms. The van der Waals surface area contributed by atoms with Gasteiger partial charge in [0.2, 0.25) is 5.65 Å². The van der Waals surface area contributed by atoms with Crippen LogP contribution in [0, 0.1) is 0 Å². The lowest BCUT2D eigenvalue weighted by atomic mass is 9.97. The fraction of sp³-hybridized carbons (Fsp3) is 0.500. The third kappa shape index (κ3) is 3.64. The molecule has 0 atom stereocenters. The number of ketones is 1. The summed E-state index contributed by atoms with van der Waals surface area (Å²) in [5.41, 5.74) is 2.76. The van der Waals surface area contributed by atoms with Gasteiger partial charge in [-0.15, -0.1) is 0 Å². The van der Waals surface area contributed by atoms with Crippen LogP contribution >= 0.6 is 0 Å². The number of fused-ring (bicyclic) bond motifs is 1. The number of methoxy groups -OCH3 is 1. The van der Waals surface area contributed by atoms with Gasteiger partial charge < -0.3 is 13.9 Å². The zero-order chi connectivity index (χ0) is 19.7. The van der Waals surface area contributed by atoms with Crippen LogP contribution in [0.5, 0.6) is 5.88 Å². The van der Waals surface area contributed by atoms with E-state index < -0.39 is 0 Å². The molecule has 3 aromatic rings. The molecule has 1 fully saturated rings. The molecule has 28 heavy (non-hydrogen) atoms. The second-order valence-corrected chi connectivity index (χ2v) is 7.40. The van der Waals surface area contributed by atoms with E-state index in [4.69, 9.17) is 14.5 Å². The number of hydrogen-bond acceptors (Lipinski definition) is 6. The van der Waals surface area contributed by atoms with Crippen LogP contribution in [0.3, 0.4) is 0 Å². The summed E-state index contributed by atoms with van der Waals surface area (Å²) in [5.74, 6) is 0.734. The van der Waals surface area contributed by atoms with Crippen LogP contribution in [0.15, 0.2) is 24.7 Å². The number of ether oxygens (including phenoxy) is 2. The Hall–Kier alpha value is -2.74. The summed E-state index contributed by atoms with van der Waals surface area (Å²) in [6, 6.07) is 1.96. The summed E-state index contributed by atoms with van der Waals surface area (Å²) in [6.07, 6.45) is 7.77. The van der Waals surface area contributed by atoms with E-state index in [1.165, 1.54) is 0 Å². The number of hydrogen-bond donors (Lipinski definition) is 0. The Morgan fingerprint density at radius 1 is 1.29 bits per heavy atom. The van der Waals surface area contributed by atoms with Crippen LogP contribution in [-0.4, -0.2) is 50.3 Å². The van der Waals surface area contributed by atoms with Crippen LogP contribution in [-0.2, 0) is 11.2 Å². The van der Waals surface area contributed by atoms with Crippen molar-refractivity contribution in [3.8, 4) is 5.88 Å². The Balaban J connectivity index is 1.60. The van der Waals surface area contributed by atoms with E-state index in [0.29, 0.717) is 28.8 Å². The summed E-state index contributed by atoms with van der Waals surface area (Å²) in [4.78, 5) is 21.9. The molecule has 0 amide bonds. The van der Waals surface area contributed by atoms with Crippen molar-refractivity contribution in [2.45, 2.75) is 45.1 Å². The first-order chi connectivity index (χ1) is 13.5. The first-order valence-corrected chi connectivity index (χ1v) is 9.63. The Labute approximate surface area is 163 Å². The van der Waals surface area contributed by atoms with Gasteiger partial charge in [0, 0.05) is 43.8 Å². The lowest BCUT2D eigenvalue weighted by molar-refractivity contribution is 0.0846. The molecule has 0 aliphatic carbocycles. The standard InChI is InChI=1S/C20H25N5O3/c1-13(2)25-7-4-16(23-25)18(26)10-15-11-24-12-17(14-5-8-28-9-6-14)22-19(24)20(21-15)27-3/h4,7,11-14H,5-6,8-10H2,1-3H3. The van der Waals surface area contributed by atoms with Crippen LogP contribution in [0.2, 0.25) is 0 Å². The van der Waals surface area contributed by atoms with E-state index in [9.17, 15) is 4.79 Å². The highest BCUT2D eigenvalue weighted by molar-refractivity contribution is 5.95. The van der Waals surface area contributed by atoms with E-state index in [1.807, 2.05) is 36.8 Å². The molecule has 3 aromatic heterocycles. The molecule has 0 unspecified atom stereocenters. The van der Waals surface area contributed by atoms with Gasteiger partial charge in [-0.2, -0.15) is 5.10 Å². The maximum absolute atomic E-state index is 12.6. The molecule has 1 aliphatic rings. The number of rotatable bonds is 6. The zero-order valence-corrected chi connectivity index (χ0v) is 16.5. The van der Waals surface area contributed by atoms with Gasteiger partial charge in [-0.1, -0.05) is 0 Å². The summed E-state index contributed by atoms with van der Waals surface area (Å²) in [5, 5.41) is 4.35. The minimum atomic E-state index is -0.0712. The van der Waals surface area contributed by atoms with E-state index in [2.05, 4.69) is 10.1 Å². The van der Waals surface area contributed by atoms with Crippen molar-refractivity contribution in [1.82, 2.24) is 24.1 Å². The molecule has 0 radical (unpaired) electrons. The molecule has 0 aromatic carbocycles. The predicted molar refractivity (Wildman–Crippen MR) is 103 cm³/mol. The Morgan fingerprint density at radius 2 is 2.07 bits per heavy atom. The maximum Gasteiger partial charge on any atom is 0.258 e. The van der Waals surface area contributed by atoms with Crippen LogP contribution < -0.4 is 4.74 Å². The van der Waals surface area contributed by atoms with Gasteiger partial charge in [-0.3, -0.25) is 9.48 Å².